The summed E-state index contributed by atoms with van der Waals surface area (Å²) in [5.74, 6) is 1.68. The van der Waals surface area contributed by atoms with Crippen LogP contribution in [0.1, 0.15) is 0 Å². The third-order valence-corrected chi connectivity index (χ3v) is 3.06. The molecule has 1 heterocycles. The first-order chi connectivity index (χ1) is 10.4. The first kappa shape index (κ1) is 13.2. The van der Waals surface area contributed by atoms with Crippen molar-refractivity contribution in [3.8, 4) is 11.5 Å². The van der Waals surface area contributed by atoms with E-state index >= 15 is 0 Å². The first-order valence-electron chi connectivity index (χ1n) is 6.94. The average molecular weight is 279 g/mol. The number of hydrogen-bond donors (Lipinski definition) is 1. The minimum Gasteiger partial charge on any atom is -0.457 e. The second-order valence-electron chi connectivity index (χ2n) is 4.64. The monoisotopic (exact) mass is 279 g/mol. The van der Waals surface area contributed by atoms with Crippen molar-refractivity contribution in [1.29, 1.82) is 0 Å². The largest absolute Gasteiger partial charge is 0.457 e. The van der Waals surface area contributed by atoms with E-state index in [0.29, 0.717) is 0 Å². The summed E-state index contributed by atoms with van der Waals surface area (Å²) >= 11 is 0. The van der Waals surface area contributed by atoms with Gasteiger partial charge in [-0.25, -0.2) is 0 Å². The molecule has 1 aromatic heterocycles. The number of ether oxygens (including phenoxy) is 1. The number of nitrogens with one attached hydrogen (secondary N) is 1. The number of hydrogen-bond acceptors (Lipinski definition) is 3. The van der Waals surface area contributed by atoms with Crippen LogP contribution >= 0.6 is 0 Å². The maximum atomic E-state index is 5.75. The van der Waals surface area contributed by atoms with Crippen LogP contribution < -0.4 is 10.1 Å². The van der Waals surface area contributed by atoms with Crippen LogP contribution in [0.15, 0.2) is 73.1 Å². The Kier molecular flexibility index (Phi) is 4.17. The molecule has 0 radical (unpaired) electrons. The van der Waals surface area contributed by atoms with E-state index in [-0.39, 0.29) is 0 Å². The molecule has 1 N–H and O–H groups in total. The average Bonchev–Trinajstić information content (AvgIpc) is 3.03. The second-order valence-corrected chi connectivity index (χ2v) is 4.64. The van der Waals surface area contributed by atoms with Crippen molar-refractivity contribution in [3.05, 3.63) is 73.1 Å². The Bertz CT molecular complexity index is 648. The molecule has 0 fully saturated rings. The van der Waals surface area contributed by atoms with E-state index in [2.05, 4.69) is 10.4 Å². The Balaban J connectivity index is 1.52. The van der Waals surface area contributed by atoms with Crippen LogP contribution in [-0.2, 0) is 6.54 Å². The normalized spacial score (nSPS) is 10.3. The highest BCUT2D eigenvalue weighted by Gasteiger charge is 1.97. The van der Waals surface area contributed by atoms with Crippen molar-refractivity contribution in [2.24, 2.45) is 0 Å². The van der Waals surface area contributed by atoms with Crippen LogP contribution in [0.5, 0.6) is 11.5 Å². The van der Waals surface area contributed by atoms with Gasteiger partial charge in [0.15, 0.2) is 0 Å². The van der Waals surface area contributed by atoms with Crippen molar-refractivity contribution in [2.45, 2.75) is 6.54 Å². The van der Waals surface area contributed by atoms with E-state index in [1.165, 1.54) is 0 Å². The maximum absolute atomic E-state index is 5.75. The molecule has 0 aliphatic heterocycles. The molecule has 0 unspecified atom stereocenters. The molecule has 0 spiro atoms. The van der Waals surface area contributed by atoms with Gasteiger partial charge in [0.25, 0.3) is 0 Å². The molecule has 3 aromatic rings. The predicted octanol–water partition coefficient (Wildman–Crippen LogP) is 3.79. The third kappa shape index (κ3) is 3.86. The number of anilines is 1. The van der Waals surface area contributed by atoms with E-state index in [9.17, 15) is 0 Å². The Labute approximate surface area is 124 Å². The molecule has 3 rings (SSSR count). The molecule has 0 bridgehead atoms. The minimum absolute atomic E-state index is 0.832. The van der Waals surface area contributed by atoms with Gasteiger partial charge in [-0.2, -0.15) is 5.10 Å². The molecule has 4 nitrogen and oxygen atoms in total. The fourth-order valence-electron chi connectivity index (χ4n) is 2.01. The summed E-state index contributed by atoms with van der Waals surface area (Å²) in [6.07, 6.45) is 3.74. The molecule has 0 saturated carbocycles. The molecule has 0 atom stereocenters. The summed E-state index contributed by atoms with van der Waals surface area (Å²) in [6, 6.07) is 19.7. The Morgan fingerprint density at radius 3 is 2.38 bits per heavy atom. The molecule has 4 heteroatoms. The van der Waals surface area contributed by atoms with Crippen LogP contribution in [-0.4, -0.2) is 16.3 Å². The summed E-state index contributed by atoms with van der Waals surface area (Å²) in [5, 5.41) is 7.52. The highest BCUT2D eigenvalue weighted by atomic mass is 16.5. The predicted molar refractivity (Wildman–Crippen MR) is 83.7 cm³/mol. The van der Waals surface area contributed by atoms with Gasteiger partial charge in [0.05, 0.1) is 6.54 Å². The lowest BCUT2D eigenvalue weighted by atomic mass is 10.3. The molecule has 2 aromatic carbocycles. The van der Waals surface area contributed by atoms with Crippen molar-refractivity contribution >= 4 is 5.69 Å². The summed E-state index contributed by atoms with van der Waals surface area (Å²) in [5.41, 5.74) is 1.07. The van der Waals surface area contributed by atoms with E-state index < -0.39 is 0 Å². The SMILES string of the molecule is c1ccc(Oc2ccc(NCCn3cccn3)cc2)cc1. The summed E-state index contributed by atoms with van der Waals surface area (Å²) in [6.45, 7) is 1.68. The van der Waals surface area contributed by atoms with Crippen LogP contribution in [0.2, 0.25) is 0 Å². The first-order valence-corrected chi connectivity index (χ1v) is 6.94. The Morgan fingerprint density at radius 2 is 1.67 bits per heavy atom. The van der Waals surface area contributed by atoms with Gasteiger partial charge in [-0.1, -0.05) is 18.2 Å². The third-order valence-electron chi connectivity index (χ3n) is 3.06. The van der Waals surface area contributed by atoms with E-state index in [1.807, 2.05) is 71.5 Å². The molecule has 0 amide bonds. The lowest BCUT2D eigenvalue weighted by Gasteiger charge is -2.09. The standard InChI is InChI=1S/C17H17N3O/c1-2-5-16(6-3-1)21-17-9-7-15(8-10-17)18-12-14-20-13-4-11-19-20/h1-11,13,18H,12,14H2. The molecular formula is C17H17N3O. The van der Waals surface area contributed by atoms with Gasteiger partial charge in [0.1, 0.15) is 11.5 Å². The molecule has 0 saturated heterocycles. The number of aromatic nitrogens is 2. The zero-order chi connectivity index (χ0) is 14.3. The molecule has 0 aliphatic carbocycles. The van der Waals surface area contributed by atoms with Gasteiger partial charge in [-0.05, 0) is 42.5 Å². The Morgan fingerprint density at radius 1 is 0.905 bits per heavy atom. The fraction of sp³-hybridized carbons (Fsp3) is 0.118. The van der Waals surface area contributed by atoms with Gasteiger partial charge in [-0.3, -0.25) is 4.68 Å². The van der Waals surface area contributed by atoms with E-state index in [4.69, 9.17) is 4.74 Å². The lowest BCUT2D eigenvalue weighted by Crippen LogP contribution is -2.10. The van der Waals surface area contributed by atoms with Gasteiger partial charge in [0.2, 0.25) is 0 Å². The maximum Gasteiger partial charge on any atom is 0.127 e. The summed E-state index contributed by atoms with van der Waals surface area (Å²) in [7, 11) is 0. The molecule has 21 heavy (non-hydrogen) atoms. The quantitative estimate of drug-likeness (QED) is 0.746. The van der Waals surface area contributed by atoms with Gasteiger partial charge in [-0.15, -0.1) is 0 Å². The van der Waals surface area contributed by atoms with Gasteiger partial charge < -0.3 is 10.1 Å². The molecule has 106 valence electrons. The summed E-state index contributed by atoms with van der Waals surface area (Å²) in [4.78, 5) is 0. The minimum atomic E-state index is 0.832. The number of nitrogens with zero attached hydrogens (tertiary/aromatic N) is 2. The van der Waals surface area contributed by atoms with Crippen molar-refractivity contribution in [3.63, 3.8) is 0 Å². The van der Waals surface area contributed by atoms with Crippen molar-refractivity contribution < 1.29 is 4.74 Å². The number of rotatable bonds is 6. The van der Waals surface area contributed by atoms with Gasteiger partial charge >= 0.3 is 0 Å². The number of benzene rings is 2. The van der Waals surface area contributed by atoms with Crippen molar-refractivity contribution in [2.75, 3.05) is 11.9 Å². The highest BCUT2D eigenvalue weighted by molar-refractivity contribution is 5.47. The van der Waals surface area contributed by atoms with Crippen LogP contribution in [0.25, 0.3) is 0 Å². The molecule has 0 aliphatic rings. The van der Waals surface area contributed by atoms with E-state index in [1.54, 1.807) is 6.20 Å². The zero-order valence-corrected chi connectivity index (χ0v) is 11.6. The summed E-state index contributed by atoms with van der Waals surface area (Å²) < 4.78 is 7.66. The smallest absolute Gasteiger partial charge is 0.127 e. The van der Waals surface area contributed by atoms with Crippen LogP contribution in [0, 0.1) is 0 Å². The molecular weight excluding hydrogens is 262 g/mol. The Hall–Kier alpha value is -2.75. The van der Waals surface area contributed by atoms with Crippen LogP contribution in [0.4, 0.5) is 5.69 Å². The topological polar surface area (TPSA) is 39.1 Å². The van der Waals surface area contributed by atoms with Crippen molar-refractivity contribution in [1.82, 2.24) is 9.78 Å². The highest BCUT2D eigenvalue weighted by Crippen LogP contribution is 2.22. The van der Waals surface area contributed by atoms with Gasteiger partial charge in [0, 0.05) is 24.6 Å². The fourth-order valence-corrected chi connectivity index (χ4v) is 2.01. The van der Waals surface area contributed by atoms with Crippen LogP contribution in [0.3, 0.4) is 0 Å². The number of para-hydroxylation sites is 1. The van der Waals surface area contributed by atoms with E-state index in [0.717, 1.165) is 30.3 Å². The zero-order valence-electron chi connectivity index (χ0n) is 11.6. The lowest BCUT2D eigenvalue weighted by molar-refractivity contribution is 0.483. The second kappa shape index (κ2) is 6.61.